The average Bonchev–Trinajstić information content (AvgIpc) is 2.15. The fourth-order valence-corrected chi connectivity index (χ4v) is 3.91. The van der Waals surface area contributed by atoms with Gasteiger partial charge in [-0.1, -0.05) is 33.6 Å². The van der Waals surface area contributed by atoms with E-state index in [1.165, 1.54) is 12.8 Å². The Morgan fingerprint density at radius 2 is 1.82 bits per heavy atom. The Labute approximate surface area is 107 Å². The molecule has 1 aliphatic carbocycles. The van der Waals surface area contributed by atoms with Crippen LogP contribution < -0.4 is 0 Å². The van der Waals surface area contributed by atoms with Crippen LogP contribution in [0.4, 0.5) is 8.78 Å². The third kappa shape index (κ3) is 4.47. The van der Waals surface area contributed by atoms with Crippen LogP contribution >= 0.6 is 9.24 Å². The van der Waals surface area contributed by atoms with E-state index in [4.69, 9.17) is 0 Å². The number of hydrogen-bond donors (Lipinski definition) is 0. The molecule has 0 aliphatic heterocycles. The van der Waals surface area contributed by atoms with Crippen LogP contribution in [0.1, 0.15) is 59.3 Å². The molecule has 0 saturated heterocycles. The highest BCUT2D eigenvalue weighted by Gasteiger charge is 2.41. The van der Waals surface area contributed by atoms with Crippen LogP contribution in [0.25, 0.3) is 0 Å². The van der Waals surface area contributed by atoms with E-state index in [-0.39, 0.29) is 11.8 Å². The van der Waals surface area contributed by atoms with Crippen molar-refractivity contribution in [2.45, 2.75) is 77.3 Å². The van der Waals surface area contributed by atoms with E-state index in [1.54, 1.807) is 0 Å². The Morgan fingerprint density at radius 1 is 1.29 bits per heavy atom. The Balaban J connectivity index is 2.56. The van der Waals surface area contributed by atoms with Gasteiger partial charge in [-0.3, -0.25) is 0 Å². The summed E-state index contributed by atoms with van der Waals surface area (Å²) < 4.78 is 27.1. The monoisotopic (exact) mass is 264 g/mol. The molecule has 3 heteroatoms. The molecular formula is C14H27F2P. The van der Waals surface area contributed by atoms with Gasteiger partial charge in [-0.25, -0.2) is 8.78 Å². The normalized spacial score (nSPS) is 37.8. The number of hydrogen-bond acceptors (Lipinski definition) is 0. The molecule has 0 aromatic heterocycles. The Morgan fingerprint density at radius 3 is 2.29 bits per heavy atom. The lowest BCUT2D eigenvalue weighted by Crippen LogP contribution is -2.39. The largest absolute Gasteiger partial charge is 0.247 e. The summed E-state index contributed by atoms with van der Waals surface area (Å²) in [6.45, 7) is 6.49. The molecule has 17 heavy (non-hydrogen) atoms. The second-order valence-electron chi connectivity index (χ2n) is 6.23. The van der Waals surface area contributed by atoms with E-state index >= 15 is 0 Å². The van der Waals surface area contributed by atoms with Gasteiger partial charge in [0.15, 0.2) is 0 Å². The topological polar surface area (TPSA) is 0 Å². The molecule has 0 bridgehead atoms. The summed E-state index contributed by atoms with van der Waals surface area (Å²) in [5, 5.41) is 0. The molecule has 0 radical (unpaired) electrons. The van der Waals surface area contributed by atoms with Crippen molar-refractivity contribution in [3.05, 3.63) is 0 Å². The Bertz CT molecular complexity index is 222. The Hall–Kier alpha value is 0.290. The molecule has 1 aliphatic rings. The maximum Gasteiger partial charge on any atom is 0.103 e. The van der Waals surface area contributed by atoms with E-state index in [2.05, 4.69) is 30.0 Å². The summed E-state index contributed by atoms with van der Waals surface area (Å²) in [4.78, 5) is 0. The zero-order chi connectivity index (χ0) is 13.1. The van der Waals surface area contributed by atoms with Gasteiger partial charge in [-0.2, -0.15) is 0 Å². The lowest BCUT2D eigenvalue weighted by Gasteiger charge is -2.42. The van der Waals surface area contributed by atoms with Crippen molar-refractivity contribution in [3.63, 3.8) is 0 Å². The van der Waals surface area contributed by atoms with Crippen LogP contribution in [0, 0.1) is 11.3 Å². The highest BCUT2D eigenvalue weighted by Crippen LogP contribution is 2.46. The maximum atomic E-state index is 13.5. The van der Waals surface area contributed by atoms with Gasteiger partial charge in [0.1, 0.15) is 12.3 Å². The number of halogens is 2. The summed E-state index contributed by atoms with van der Waals surface area (Å²) in [5.41, 5.74) is 0.157. The quantitative estimate of drug-likeness (QED) is 0.618. The van der Waals surface area contributed by atoms with E-state index in [0.717, 1.165) is 6.42 Å². The maximum absolute atomic E-state index is 13.5. The van der Waals surface area contributed by atoms with Gasteiger partial charge in [0.25, 0.3) is 0 Å². The predicted octanol–water partition coefficient (Wildman–Crippen LogP) is 4.92. The van der Waals surface area contributed by atoms with Gasteiger partial charge in [0.2, 0.25) is 0 Å². The zero-order valence-electron chi connectivity index (χ0n) is 11.4. The van der Waals surface area contributed by atoms with Crippen LogP contribution in [0.15, 0.2) is 0 Å². The van der Waals surface area contributed by atoms with Crippen LogP contribution in [-0.4, -0.2) is 18.0 Å². The second kappa shape index (κ2) is 6.45. The van der Waals surface area contributed by atoms with Gasteiger partial charge in [0.05, 0.1) is 0 Å². The minimum Gasteiger partial charge on any atom is -0.247 e. The average molecular weight is 264 g/mol. The number of alkyl halides is 2. The molecule has 1 fully saturated rings. The van der Waals surface area contributed by atoms with Gasteiger partial charge in [0, 0.05) is 6.42 Å². The van der Waals surface area contributed by atoms with Crippen molar-refractivity contribution >= 4 is 9.24 Å². The lowest BCUT2D eigenvalue weighted by atomic mass is 9.70. The minimum atomic E-state index is -0.951. The minimum absolute atomic E-state index is 0.109. The van der Waals surface area contributed by atoms with Crippen molar-refractivity contribution in [2.24, 2.45) is 11.3 Å². The molecule has 0 spiro atoms. The first-order chi connectivity index (χ1) is 7.87. The molecule has 0 nitrogen and oxygen atoms in total. The van der Waals surface area contributed by atoms with Crippen molar-refractivity contribution in [1.29, 1.82) is 0 Å². The van der Waals surface area contributed by atoms with Crippen molar-refractivity contribution < 1.29 is 8.78 Å². The fraction of sp³-hybridized carbons (Fsp3) is 1.00. The third-order valence-corrected chi connectivity index (χ3v) is 5.30. The number of rotatable bonds is 5. The highest BCUT2D eigenvalue weighted by molar-refractivity contribution is 7.17. The second-order valence-corrected chi connectivity index (χ2v) is 7.03. The molecular weight excluding hydrogens is 237 g/mol. The highest BCUT2D eigenvalue weighted by atomic mass is 31.0. The SMILES string of the molecule is CCCC(C)CC(P)C1(C)CC(F)CC(F)C1. The zero-order valence-corrected chi connectivity index (χ0v) is 12.5. The van der Waals surface area contributed by atoms with E-state index in [1.807, 2.05) is 0 Å². The third-order valence-electron chi connectivity index (χ3n) is 4.22. The molecule has 1 rings (SSSR count). The van der Waals surface area contributed by atoms with Crippen molar-refractivity contribution in [2.75, 3.05) is 0 Å². The van der Waals surface area contributed by atoms with E-state index in [0.29, 0.717) is 24.4 Å². The smallest absolute Gasteiger partial charge is 0.103 e. The molecule has 0 aromatic rings. The lowest BCUT2D eigenvalue weighted by molar-refractivity contribution is 0.0525. The summed E-state index contributed by atoms with van der Waals surface area (Å²) in [6.07, 6.45) is 2.72. The molecule has 102 valence electrons. The summed E-state index contributed by atoms with van der Waals surface area (Å²) in [7, 11) is 2.85. The first-order valence-corrected chi connectivity index (χ1v) is 7.57. The van der Waals surface area contributed by atoms with Gasteiger partial charge < -0.3 is 0 Å². The van der Waals surface area contributed by atoms with Gasteiger partial charge >= 0.3 is 0 Å². The van der Waals surface area contributed by atoms with E-state index < -0.39 is 12.3 Å². The van der Waals surface area contributed by atoms with Crippen LogP contribution in [0.3, 0.4) is 0 Å². The first kappa shape index (κ1) is 15.3. The van der Waals surface area contributed by atoms with Gasteiger partial charge in [-0.15, -0.1) is 9.24 Å². The molecule has 0 N–H and O–H groups in total. The predicted molar refractivity (Wildman–Crippen MR) is 73.9 cm³/mol. The molecule has 0 amide bonds. The molecule has 5 atom stereocenters. The standard InChI is InChI=1S/C14H27F2P/c1-4-5-10(2)6-13(17)14(3)8-11(15)7-12(16)9-14/h10-13H,4-9,17H2,1-3H3. The fourth-order valence-electron chi connectivity index (χ4n) is 3.17. The summed E-state index contributed by atoms with van der Waals surface area (Å²) in [6, 6.07) is 0. The first-order valence-electron chi connectivity index (χ1n) is 6.91. The van der Waals surface area contributed by atoms with Crippen molar-refractivity contribution in [1.82, 2.24) is 0 Å². The summed E-state index contributed by atoms with van der Waals surface area (Å²) in [5.74, 6) is 0.650. The van der Waals surface area contributed by atoms with Crippen molar-refractivity contribution in [3.8, 4) is 0 Å². The molecule has 0 aromatic carbocycles. The summed E-state index contributed by atoms with van der Waals surface area (Å²) >= 11 is 0. The van der Waals surface area contributed by atoms with E-state index in [9.17, 15) is 8.78 Å². The Kier molecular flexibility index (Phi) is 5.83. The van der Waals surface area contributed by atoms with Crippen LogP contribution in [0.5, 0.6) is 0 Å². The molecule has 0 heterocycles. The van der Waals surface area contributed by atoms with Crippen LogP contribution in [-0.2, 0) is 0 Å². The van der Waals surface area contributed by atoms with Gasteiger partial charge in [-0.05, 0) is 36.3 Å². The molecule has 5 unspecified atom stereocenters. The van der Waals surface area contributed by atoms with Crippen LogP contribution in [0.2, 0.25) is 0 Å². The molecule has 1 saturated carbocycles.